The number of carboxylic acid groups (broad SMARTS) is 1. The topological polar surface area (TPSA) is 80.6 Å². The average molecular weight is 262 g/mol. The molecule has 0 fully saturated rings. The van der Waals surface area contributed by atoms with Crippen LogP contribution >= 0.6 is 0 Å². The van der Waals surface area contributed by atoms with Crippen LogP contribution in [0.2, 0.25) is 0 Å². The number of nitrogens with zero attached hydrogens (tertiary/aromatic N) is 1. The molecule has 2 N–H and O–H groups in total. The summed E-state index contributed by atoms with van der Waals surface area (Å²) in [4.78, 5) is 22.6. The highest BCUT2D eigenvalue weighted by molar-refractivity contribution is 6.10. The molecule has 0 unspecified atom stereocenters. The minimum absolute atomic E-state index is 0.0402. The molecule has 0 radical (unpaired) electrons. The molecule has 1 heterocycles. The van der Waals surface area contributed by atoms with E-state index < -0.39 is 5.97 Å². The van der Waals surface area contributed by atoms with Crippen molar-refractivity contribution in [3.05, 3.63) is 23.9 Å². The van der Waals surface area contributed by atoms with E-state index in [2.05, 4.69) is 5.32 Å². The number of methoxy groups -OCH3 is 1. The number of aromatic carboxylic acids is 1. The number of ether oxygens (including phenoxy) is 1. The number of fused-ring (bicyclic) bond motifs is 1. The lowest BCUT2D eigenvalue weighted by molar-refractivity contribution is -0.114. The quantitative estimate of drug-likeness (QED) is 0.884. The number of aryl methyl sites for hydroxylation is 1. The smallest absolute Gasteiger partial charge is 0.354 e. The lowest BCUT2D eigenvalue weighted by atomic mass is 10.2. The third-order valence-electron chi connectivity index (χ3n) is 2.91. The number of anilines is 1. The largest absolute Gasteiger partial charge is 0.497 e. The number of carboxylic acids is 1. The monoisotopic (exact) mass is 262 g/mol. The van der Waals surface area contributed by atoms with Gasteiger partial charge in [-0.1, -0.05) is 0 Å². The summed E-state index contributed by atoms with van der Waals surface area (Å²) in [6, 6.07) is 5.18. The second-order valence-corrected chi connectivity index (χ2v) is 4.15. The van der Waals surface area contributed by atoms with E-state index in [1.807, 2.05) is 0 Å². The van der Waals surface area contributed by atoms with Crippen LogP contribution in [0.1, 0.15) is 17.4 Å². The predicted octanol–water partition coefficient (Wildman–Crippen LogP) is 1.84. The van der Waals surface area contributed by atoms with Crippen molar-refractivity contribution in [3.63, 3.8) is 0 Å². The zero-order valence-corrected chi connectivity index (χ0v) is 10.9. The minimum Gasteiger partial charge on any atom is -0.497 e. The number of carbonyl (C=O) groups excluding carboxylic acids is 1. The van der Waals surface area contributed by atoms with Crippen molar-refractivity contribution in [2.24, 2.45) is 7.05 Å². The Bertz CT molecular complexity index is 673. The van der Waals surface area contributed by atoms with Crippen LogP contribution in [0.5, 0.6) is 5.75 Å². The Morgan fingerprint density at radius 1 is 1.37 bits per heavy atom. The molecule has 1 amide bonds. The SMILES string of the molecule is COc1ccc2c(NC(C)=O)c(C(=O)O)n(C)c2c1. The number of nitrogens with one attached hydrogen (secondary N) is 1. The first-order chi connectivity index (χ1) is 8.95. The molecule has 0 spiro atoms. The van der Waals surface area contributed by atoms with E-state index >= 15 is 0 Å². The number of amides is 1. The summed E-state index contributed by atoms with van der Waals surface area (Å²) in [6.45, 7) is 1.34. The Labute approximate surface area is 109 Å². The van der Waals surface area contributed by atoms with Crippen LogP contribution in [0.15, 0.2) is 18.2 Å². The van der Waals surface area contributed by atoms with Crippen LogP contribution in [-0.2, 0) is 11.8 Å². The van der Waals surface area contributed by atoms with Gasteiger partial charge in [-0.2, -0.15) is 0 Å². The van der Waals surface area contributed by atoms with E-state index in [1.54, 1.807) is 25.2 Å². The zero-order chi connectivity index (χ0) is 14.2. The number of hydrogen-bond donors (Lipinski definition) is 2. The molecule has 0 saturated carbocycles. The zero-order valence-electron chi connectivity index (χ0n) is 10.9. The summed E-state index contributed by atoms with van der Waals surface area (Å²) < 4.78 is 6.64. The molecule has 0 aliphatic rings. The van der Waals surface area contributed by atoms with E-state index in [9.17, 15) is 14.7 Å². The van der Waals surface area contributed by atoms with Gasteiger partial charge in [-0.3, -0.25) is 4.79 Å². The Balaban J connectivity index is 2.79. The molecular weight excluding hydrogens is 248 g/mol. The van der Waals surface area contributed by atoms with Crippen LogP contribution < -0.4 is 10.1 Å². The molecule has 2 rings (SSSR count). The van der Waals surface area contributed by atoms with Gasteiger partial charge in [0.05, 0.1) is 18.3 Å². The lowest BCUT2D eigenvalue weighted by Gasteiger charge is -2.03. The van der Waals surface area contributed by atoms with Gasteiger partial charge in [0, 0.05) is 25.4 Å². The fourth-order valence-electron chi connectivity index (χ4n) is 2.10. The van der Waals surface area contributed by atoms with Crippen LogP contribution in [-0.4, -0.2) is 28.7 Å². The van der Waals surface area contributed by atoms with Crippen molar-refractivity contribution < 1.29 is 19.4 Å². The maximum Gasteiger partial charge on any atom is 0.354 e. The van der Waals surface area contributed by atoms with Crippen LogP contribution in [0, 0.1) is 0 Å². The molecule has 0 saturated heterocycles. The van der Waals surface area contributed by atoms with Gasteiger partial charge in [0.15, 0.2) is 5.69 Å². The molecule has 100 valence electrons. The number of aromatic nitrogens is 1. The van der Waals surface area contributed by atoms with Crippen molar-refractivity contribution in [1.82, 2.24) is 4.57 Å². The van der Waals surface area contributed by atoms with Gasteiger partial charge in [-0.15, -0.1) is 0 Å². The molecule has 0 aliphatic heterocycles. The van der Waals surface area contributed by atoms with Crippen LogP contribution in [0.25, 0.3) is 10.9 Å². The molecule has 19 heavy (non-hydrogen) atoms. The van der Waals surface area contributed by atoms with Crippen molar-refractivity contribution in [3.8, 4) is 5.75 Å². The lowest BCUT2D eigenvalue weighted by Crippen LogP contribution is -2.12. The van der Waals surface area contributed by atoms with E-state index in [1.165, 1.54) is 18.6 Å². The van der Waals surface area contributed by atoms with Crippen molar-refractivity contribution in [1.29, 1.82) is 0 Å². The highest BCUT2D eigenvalue weighted by Crippen LogP contribution is 2.32. The second-order valence-electron chi connectivity index (χ2n) is 4.15. The van der Waals surface area contributed by atoms with Crippen molar-refractivity contribution in [2.75, 3.05) is 12.4 Å². The molecule has 0 atom stereocenters. The van der Waals surface area contributed by atoms with Gasteiger partial charge in [0.25, 0.3) is 0 Å². The Morgan fingerprint density at radius 3 is 2.58 bits per heavy atom. The highest BCUT2D eigenvalue weighted by Gasteiger charge is 2.21. The second kappa shape index (κ2) is 4.64. The van der Waals surface area contributed by atoms with E-state index in [-0.39, 0.29) is 11.6 Å². The van der Waals surface area contributed by atoms with Crippen LogP contribution in [0.3, 0.4) is 0 Å². The van der Waals surface area contributed by atoms with Crippen molar-refractivity contribution >= 4 is 28.5 Å². The predicted molar refractivity (Wildman–Crippen MR) is 70.7 cm³/mol. The molecule has 2 aromatic rings. The maximum absolute atomic E-state index is 11.3. The molecule has 0 bridgehead atoms. The molecule has 6 heteroatoms. The minimum atomic E-state index is -1.10. The first kappa shape index (κ1) is 12.9. The van der Waals surface area contributed by atoms with Gasteiger partial charge in [-0.25, -0.2) is 4.79 Å². The number of rotatable bonds is 3. The van der Waals surface area contributed by atoms with E-state index in [0.29, 0.717) is 22.3 Å². The number of hydrogen-bond acceptors (Lipinski definition) is 3. The normalized spacial score (nSPS) is 10.5. The summed E-state index contributed by atoms with van der Waals surface area (Å²) in [6.07, 6.45) is 0. The Morgan fingerprint density at radius 2 is 2.05 bits per heavy atom. The maximum atomic E-state index is 11.3. The molecular formula is C13H14N2O4. The molecule has 6 nitrogen and oxygen atoms in total. The first-order valence-corrected chi connectivity index (χ1v) is 5.63. The highest BCUT2D eigenvalue weighted by atomic mass is 16.5. The third kappa shape index (κ3) is 2.12. The van der Waals surface area contributed by atoms with Crippen molar-refractivity contribution in [2.45, 2.75) is 6.92 Å². The van der Waals surface area contributed by atoms with Gasteiger partial charge < -0.3 is 19.7 Å². The number of carbonyl (C=O) groups is 2. The molecule has 1 aromatic carbocycles. The summed E-state index contributed by atoms with van der Waals surface area (Å²) in [5, 5.41) is 12.5. The van der Waals surface area contributed by atoms with Gasteiger partial charge in [0.2, 0.25) is 5.91 Å². The van der Waals surface area contributed by atoms with Gasteiger partial charge in [-0.05, 0) is 12.1 Å². The van der Waals surface area contributed by atoms with E-state index in [4.69, 9.17) is 4.74 Å². The first-order valence-electron chi connectivity index (χ1n) is 5.63. The Hall–Kier alpha value is -2.50. The van der Waals surface area contributed by atoms with E-state index in [0.717, 1.165) is 0 Å². The standard InChI is InChI=1S/C13H14N2O4/c1-7(16)14-11-9-5-4-8(19-3)6-10(9)15(2)12(11)13(17)18/h4-6H,1-3H3,(H,14,16)(H,17,18). The third-order valence-corrected chi connectivity index (χ3v) is 2.91. The fraction of sp³-hybridized carbons (Fsp3) is 0.231. The fourth-order valence-corrected chi connectivity index (χ4v) is 2.10. The van der Waals surface area contributed by atoms with Crippen LogP contribution in [0.4, 0.5) is 5.69 Å². The summed E-state index contributed by atoms with van der Waals surface area (Å²) in [5.41, 5.74) is 1.03. The van der Waals surface area contributed by atoms with Gasteiger partial charge >= 0.3 is 5.97 Å². The Kier molecular flexibility index (Phi) is 3.16. The summed E-state index contributed by atoms with van der Waals surface area (Å²) in [7, 11) is 3.17. The number of benzene rings is 1. The average Bonchev–Trinajstić information content (AvgIpc) is 2.61. The molecule has 1 aromatic heterocycles. The summed E-state index contributed by atoms with van der Waals surface area (Å²) >= 11 is 0. The van der Waals surface area contributed by atoms with Gasteiger partial charge in [0.1, 0.15) is 5.75 Å². The summed E-state index contributed by atoms with van der Waals surface area (Å²) in [5.74, 6) is -0.786. The molecule has 0 aliphatic carbocycles.